The topological polar surface area (TPSA) is 112 Å². The van der Waals surface area contributed by atoms with Crippen molar-refractivity contribution in [3.05, 3.63) is 66.5 Å². The summed E-state index contributed by atoms with van der Waals surface area (Å²) in [6, 6.07) is 13.6. The Morgan fingerprint density at radius 1 is 1.14 bits per heavy atom. The van der Waals surface area contributed by atoms with Crippen LogP contribution in [-0.4, -0.2) is 48.0 Å². The van der Waals surface area contributed by atoms with Gasteiger partial charge >= 0.3 is 5.97 Å². The Bertz CT molecular complexity index is 1210. The predicted molar refractivity (Wildman–Crippen MR) is 137 cm³/mol. The first kappa shape index (κ1) is 25.7. The van der Waals surface area contributed by atoms with Crippen LogP contribution in [0.4, 0.5) is 11.6 Å². The predicted octanol–water partition coefficient (Wildman–Crippen LogP) is 4.13. The van der Waals surface area contributed by atoms with E-state index in [-0.39, 0.29) is 11.9 Å². The minimum atomic E-state index is -0.802. The van der Waals surface area contributed by atoms with Crippen molar-refractivity contribution in [2.75, 3.05) is 29.9 Å². The zero-order valence-electron chi connectivity index (χ0n) is 20.8. The summed E-state index contributed by atoms with van der Waals surface area (Å²) in [6.45, 7) is 5.18. The van der Waals surface area contributed by atoms with Gasteiger partial charge in [0.1, 0.15) is 30.1 Å². The second-order valence-electron chi connectivity index (χ2n) is 8.42. The average Bonchev–Trinajstić information content (AvgIpc) is 2.92. The van der Waals surface area contributed by atoms with Gasteiger partial charge in [0.2, 0.25) is 0 Å². The van der Waals surface area contributed by atoms with Crippen molar-refractivity contribution >= 4 is 23.9 Å². The molecule has 2 atom stereocenters. The van der Waals surface area contributed by atoms with E-state index in [4.69, 9.17) is 14.4 Å². The molecule has 2 heterocycles. The molecule has 1 N–H and O–H groups in total. The van der Waals surface area contributed by atoms with Crippen LogP contribution >= 0.6 is 0 Å². The van der Waals surface area contributed by atoms with Gasteiger partial charge in [0.25, 0.3) is 0 Å². The summed E-state index contributed by atoms with van der Waals surface area (Å²) in [4.78, 5) is 44.0. The van der Waals surface area contributed by atoms with Crippen LogP contribution in [0.1, 0.15) is 38.3 Å². The number of aromatic nitrogens is 2. The maximum atomic E-state index is 12.0. The minimum absolute atomic E-state index is 0.0400. The number of aldehydes is 1. The molecule has 1 aliphatic heterocycles. The Labute approximate surface area is 215 Å². The van der Waals surface area contributed by atoms with E-state index in [0.29, 0.717) is 30.4 Å². The fourth-order valence-corrected chi connectivity index (χ4v) is 4.08. The first-order valence-electron chi connectivity index (χ1n) is 12.2. The van der Waals surface area contributed by atoms with E-state index in [9.17, 15) is 9.59 Å². The number of hydrogen-bond donors (Lipinski definition) is 1. The molecule has 10 nitrogen and oxygen atoms in total. The molecule has 4 rings (SSSR count). The lowest BCUT2D eigenvalue weighted by molar-refractivity contribution is -0.211. The number of carbonyl (C=O) groups excluding carboxylic acids is 2. The Balaban J connectivity index is 1.46. The lowest BCUT2D eigenvalue weighted by Gasteiger charge is -2.34. The highest BCUT2D eigenvalue weighted by molar-refractivity contribution is 5.69. The fraction of sp³-hybridized carbons (Fsp3) is 0.333. The lowest BCUT2D eigenvalue weighted by atomic mass is 10.1. The number of rotatable bonds is 11. The molecule has 1 saturated heterocycles. The summed E-state index contributed by atoms with van der Waals surface area (Å²) in [5, 5.41) is 3.09. The highest BCUT2D eigenvalue weighted by Gasteiger charge is 2.24. The number of para-hydroxylation sites is 3. The number of piperidine rings is 1. The molecule has 1 aromatic heterocycles. The Morgan fingerprint density at radius 3 is 2.65 bits per heavy atom. The Hall–Kier alpha value is -4.34. The quantitative estimate of drug-likeness (QED) is 0.231. The average molecular weight is 507 g/mol. The second kappa shape index (κ2) is 12.6. The summed E-state index contributed by atoms with van der Waals surface area (Å²) in [6.07, 6.45) is 5.76. The van der Waals surface area contributed by atoms with E-state index in [0.717, 1.165) is 37.2 Å². The van der Waals surface area contributed by atoms with Crippen LogP contribution < -0.4 is 24.6 Å². The van der Waals surface area contributed by atoms with E-state index >= 15 is 0 Å². The number of hydrogen-bond acceptors (Lipinski definition) is 10. The van der Waals surface area contributed by atoms with Crippen molar-refractivity contribution in [1.82, 2.24) is 9.97 Å². The molecule has 0 radical (unpaired) electrons. The van der Waals surface area contributed by atoms with Gasteiger partial charge in [0.05, 0.1) is 25.5 Å². The maximum Gasteiger partial charge on any atom is 0.352 e. The number of nitrogens with zero attached hydrogens (tertiary/aromatic N) is 3. The molecule has 10 heteroatoms. The van der Waals surface area contributed by atoms with Crippen LogP contribution in [-0.2, 0) is 14.5 Å². The van der Waals surface area contributed by atoms with Crippen LogP contribution in [0, 0.1) is 0 Å². The summed E-state index contributed by atoms with van der Waals surface area (Å²) in [5.41, 5.74) is 0.491. The molecular formula is C27H30N4O6. The van der Waals surface area contributed by atoms with Crippen molar-refractivity contribution in [2.24, 2.45) is 0 Å². The van der Waals surface area contributed by atoms with Crippen molar-refractivity contribution in [3.8, 4) is 17.2 Å². The summed E-state index contributed by atoms with van der Waals surface area (Å²) >= 11 is 0. The van der Waals surface area contributed by atoms with E-state index in [1.54, 1.807) is 36.7 Å². The normalized spacial score (nSPS) is 15.8. The molecule has 37 heavy (non-hydrogen) atoms. The molecule has 0 aliphatic carbocycles. The first-order valence-corrected chi connectivity index (χ1v) is 12.2. The van der Waals surface area contributed by atoms with Crippen molar-refractivity contribution in [1.29, 1.82) is 0 Å². The van der Waals surface area contributed by atoms with Crippen molar-refractivity contribution in [2.45, 2.75) is 38.8 Å². The van der Waals surface area contributed by atoms with Gasteiger partial charge in [-0.2, -0.15) is 0 Å². The SMILES string of the molecule is CCOc1ccccc1OC1CCCN(c2cncc(NC(C=O)c3ccccc3OOC(C)=O)n2)C1. The number of benzene rings is 2. The fourth-order valence-electron chi connectivity index (χ4n) is 4.08. The van der Waals surface area contributed by atoms with Crippen LogP contribution in [0.3, 0.4) is 0 Å². The van der Waals surface area contributed by atoms with E-state index in [1.165, 1.54) is 6.92 Å². The molecule has 2 unspecified atom stereocenters. The number of ether oxygens (including phenoxy) is 2. The van der Waals surface area contributed by atoms with Crippen LogP contribution in [0.25, 0.3) is 0 Å². The zero-order valence-corrected chi connectivity index (χ0v) is 20.8. The Kier molecular flexibility index (Phi) is 8.75. The lowest BCUT2D eigenvalue weighted by Crippen LogP contribution is -2.41. The molecule has 1 fully saturated rings. The highest BCUT2D eigenvalue weighted by atomic mass is 17.2. The van der Waals surface area contributed by atoms with Crippen molar-refractivity contribution < 1.29 is 28.8 Å². The van der Waals surface area contributed by atoms with E-state index < -0.39 is 12.0 Å². The molecule has 0 amide bonds. The number of anilines is 2. The summed E-state index contributed by atoms with van der Waals surface area (Å²) in [7, 11) is 0. The van der Waals surface area contributed by atoms with Crippen LogP contribution in [0.2, 0.25) is 0 Å². The molecule has 194 valence electrons. The van der Waals surface area contributed by atoms with Gasteiger partial charge in [-0.25, -0.2) is 9.78 Å². The smallest absolute Gasteiger partial charge is 0.352 e. The zero-order chi connectivity index (χ0) is 26.0. The largest absolute Gasteiger partial charge is 0.490 e. The van der Waals surface area contributed by atoms with Crippen LogP contribution in [0.5, 0.6) is 17.2 Å². The minimum Gasteiger partial charge on any atom is -0.490 e. The van der Waals surface area contributed by atoms with Gasteiger partial charge in [-0.3, -0.25) is 14.8 Å². The summed E-state index contributed by atoms with van der Waals surface area (Å²) in [5.74, 6) is 2.18. The highest BCUT2D eigenvalue weighted by Crippen LogP contribution is 2.30. The third-order valence-electron chi connectivity index (χ3n) is 5.71. The third kappa shape index (κ3) is 6.87. The van der Waals surface area contributed by atoms with E-state index in [1.807, 2.05) is 31.2 Å². The molecular weight excluding hydrogens is 476 g/mol. The van der Waals surface area contributed by atoms with Gasteiger partial charge < -0.3 is 24.5 Å². The second-order valence-corrected chi connectivity index (χ2v) is 8.42. The third-order valence-corrected chi connectivity index (χ3v) is 5.71. The van der Waals surface area contributed by atoms with Gasteiger partial charge in [-0.1, -0.05) is 30.3 Å². The Morgan fingerprint density at radius 2 is 1.89 bits per heavy atom. The van der Waals surface area contributed by atoms with Crippen molar-refractivity contribution in [3.63, 3.8) is 0 Å². The van der Waals surface area contributed by atoms with E-state index in [2.05, 4.69) is 25.1 Å². The number of carbonyl (C=O) groups is 2. The molecule has 0 bridgehead atoms. The first-order chi connectivity index (χ1) is 18.1. The molecule has 1 aliphatic rings. The van der Waals surface area contributed by atoms with Gasteiger partial charge in [0.15, 0.2) is 17.2 Å². The molecule has 3 aromatic rings. The summed E-state index contributed by atoms with van der Waals surface area (Å²) < 4.78 is 12.0. The van der Waals surface area contributed by atoms with Gasteiger partial charge in [-0.15, -0.1) is 0 Å². The molecule has 2 aromatic carbocycles. The standard InChI is InChI=1S/C27H30N4O6/c1-3-34-24-12-6-7-13-25(24)35-20-9-8-14-31(17-20)27-16-28-15-26(30-27)29-22(18-32)21-10-4-5-11-23(21)37-36-19(2)33/h4-7,10-13,15-16,18,20,22H,3,8-9,14,17H2,1-2H3,(H,29,30). The molecule has 0 saturated carbocycles. The monoisotopic (exact) mass is 506 g/mol. The van der Waals surface area contributed by atoms with Gasteiger partial charge in [-0.05, 0) is 38.0 Å². The maximum absolute atomic E-state index is 12.0. The van der Waals surface area contributed by atoms with Crippen LogP contribution in [0.15, 0.2) is 60.9 Å². The van der Waals surface area contributed by atoms with Gasteiger partial charge in [0, 0.05) is 19.0 Å². The molecule has 0 spiro atoms. The number of nitrogens with one attached hydrogen (secondary N) is 1.